The van der Waals surface area contributed by atoms with Gasteiger partial charge in [-0.3, -0.25) is 0 Å². The van der Waals surface area contributed by atoms with E-state index in [4.69, 9.17) is 18.2 Å². The number of aryl methyl sites for hydroxylation is 1. The van der Waals surface area contributed by atoms with Gasteiger partial charge < -0.3 is 4.57 Å². The van der Waals surface area contributed by atoms with Crippen molar-refractivity contribution in [1.82, 2.24) is 4.57 Å². The predicted molar refractivity (Wildman–Crippen MR) is 68.6 cm³/mol. The SMILES string of the molecule is [C-]#[N+]c1ccc2c(cc(CC)n2CC(F)(F)F)c1Cl. The summed E-state index contributed by atoms with van der Waals surface area (Å²) in [5.41, 5.74) is 1.21. The van der Waals surface area contributed by atoms with Gasteiger partial charge in [-0.15, -0.1) is 0 Å². The number of benzene rings is 1. The number of alkyl halides is 3. The van der Waals surface area contributed by atoms with Crippen molar-refractivity contribution in [3.63, 3.8) is 0 Å². The third-order valence-electron chi connectivity index (χ3n) is 2.90. The molecule has 2 nitrogen and oxygen atoms in total. The van der Waals surface area contributed by atoms with Crippen molar-refractivity contribution >= 4 is 28.2 Å². The van der Waals surface area contributed by atoms with Gasteiger partial charge in [-0.25, -0.2) is 4.85 Å². The van der Waals surface area contributed by atoms with Crippen LogP contribution in [0.3, 0.4) is 0 Å². The van der Waals surface area contributed by atoms with Crippen LogP contribution in [0.25, 0.3) is 15.7 Å². The standard InChI is InChI=1S/C13H10ClF3N2/c1-3-8-6-9-11(19(8)7-13(15,16)17)5-4-10(18-2)12(9)14/h4-6H,3,7H2,1H3. The zero-order valence-electron chi connectivity index (χ0n) is 10.1. The molecule has 0 N–H and O–H groups in total. The molecular weight excluding hydrogens is 277 g/mol. The average Bonchev–Trinajstić information content (AvgIpc) is 2.67. The second-order valence-corrected chi connectivity index (χ2v) is 4.51. The molecule has 0 aliphatic carbocycles. The van der Waals surface area contributed by atoms with Gasteiger partial charge in [0, 0.05) is 16.6 Å². The molecule has 0 atom stereocenters. The van der Waals surface area contributed by atoms with Crippen molar-refractivity contribution in [3.8, 4) is 0 Å². The molecule has 0 saturated heterocycles. The minimum atomic E-state index is -4.29. The van der Waals surface area contributed by atoms with E-state index < -0.39 is 12.7 Å². The third kappa shape index (κ3) is 2.54. The van der Waals surface area contributed by atoms with E-state index in [1.54, 1.807) is 13.0 Å². The van der Waals surface area contributed by atoms with E-state index in [9.17, 15) is 13.2 Å². The van der Waals surface area contributed by atoms with Crippen LogP contribution in [0.15, 0.2) is 18.2 Å². The van der Waals surface area contributed by atoms with Crippen molar-refractivity contribution in [1.29, 1.82) is 0 Å². The monoisotopic (exact) mass is 286 g/mol. The molecule has 0 unspecified atom stereocenters. The maximum Gasteiger partial charge on any atom is 0.406 e. The van der Waals surface area contributed by atoms with Gasteiger partial charge in [0.05, 0.1) is 11.6 Å². The Morgan fingerprint density at radius 1 is 1.37 bits per heavy atom. The Morgan fingerprint density at radius 3 is 2.58 bits per heavy atom. The highest BCUT2D eigenvalue weighted by Crippen LogP contribution is 2.36. The van der Waals surface area contributed by atoms with Gasteiger partial charge >= 0.3 is 6.18 Å². The summed E-state index contributed by atoms with van der Waals surface area (Å²) in [5.74, 6) is 0. The van der Waals surface area contributed by atoms with Crippen LogP contribution in [0.1, 0.15) is 12.6 Å². The molecular formula is C13H10ClF3N2. The van der Waals surface area contributed by atoms with Gasteiger partial charge in [-0.05, 0) is 18.6 Å². The number of hydrogen-bond acceptors (Lipinski definition) is 0. The first-order valence-corrected chi connectivity index (χ1v) is 6.00. The maximum atomic E-state index is 12.6. The number of rotatable bonds is 2. The molecule has 2 aromatic rings. The Labute approximate surface area is 113 Å². The Hall–Kier alpha value is -1.67. The van der Waals surface area contributed by atoms with E-state index in [1.807, 2.05) is 0 Å². The summed E-state index contributed by atoms with van der Waals surface area (Å²) in [4.78, 5) is 3.25. The molecule has 0 saturated carbocycles. The molecule has 0 aliphatic heterocycles. The smallest absolute Gasteiger partial charge is 0.336 e. The summed E-state index contributed by atoms with van der Waals surface area (Å²) in [5, 5.41) is 0.708. The van der Waals surface area contributed by atoms with Gasteiger partial charge in [0.25, 0.3) is 0 Å². The van der Waals surface area contributed by atoms with E-state index in [2.05, 4.69) is 4.85 Å². The molecule has 0 amide bonds. The summed E-state index contributed by atoms with van der Waals surface area (Å²) in [7, 11) is 0. The molecule has 0 fully saturated rings. The summed E-state index contributed by atoms with van der Waals surface area (Å²) in [6.07, 6.45) is -3.82. The Kier molecular flexibility index (Phi) is 3.46. The van der Waals surface area contributed by atoms with Gasteiger partial charge in [0.15, 0.2) is 0 Å². The largest absolute Gasteiger partial charge is 0.406 e. The lowest BCUT2D eigenvalue weighted by atomic mass is 10.2. The number of halogens is 4. The Balaban J connectivity index is 2.70. The fourth-order valence-corrected chi connectivity index (χ4v) is 2.35. The van der Waals surface area contributed by atoms with E-state index in [0.29, 0.717) is 23.0 Å². The summed E-state index contributed by atoms with van der Waals surface area (Å²) in [6.45, 7) is 7.70. The first kappa shape index (κ1) is 13.8. The van der Waals surface area contributed by atoms with Crippen molar-refractivity contribution in [2.75, 3.05) is 0 Å². The Morgan fingerprint density at radius 2 is 2.05 bits per heavy atom. The van der Waals surface area contributed by atoms with Gasteiger partial charge in [0.2, 0.25) is 5.69 Å². The fourth-order valence-electron chi connectivity index (χ4n) is 2.09. The highest BCUT2D eigenvalue weighted by atomic mass is 35.5. The molecule has 1 heterocycles. The molecule has 1 aromatic heterocycles. The van der Waals surface area contributed by atoms with E-state index in [-0.39, 0.29) is 10.7 Å². The molecule has 0 bridgehead atoms. The molecule has 100 valence electrons. The lowest BCUT2D eigenvalue weighted by molar-refractivity contribution is -0.140. The van der Waals surface area contributed by atoms with E-state index >= 15 is 0 Å². The fraction of sp³-hybridized carbons (Fsp3) is 0.308. The van der Waals surface area contributed by atoms with Crippen LogP contribution >= 0.6 is 11.6 Å². The highest BCUT2D eigenvalue weighted by Gasteiger charge is 2.29. The van der Waals surface area contributed by atoms with E-state index in [0.717, 1.165) is 0 Å². The second kappa shape index (κ2) is 4.78. The Bertz CT molecular complexity index is 665. The second-order valence-electron chi connectivity index (χ2n) is 4.13. The normalized spacial score (nSPS) is 11.8. The quantitative estimate of drug-likeness (QED) is 0.690. The van der Waals surface area contributed by atoms with Crippen LogP contribution < -0.4 is 0 Å². The predicted octanol–water partition coefficient (Wildman–Crippen LogP) is 4.97. The van der Waals surface area contributed by atoms with Gasteiger partial charge in [-0.1, -0.05) is 24.6 Å². The molecule has 1 aromatic carbocycles. The number of hydrogen-bond donors (Lipinski definition) is 0. The van der Waals surface area contributed by atoms with Crippen LogP contribution in [0.2, 0.25) is 5.02 Å². The van der Waals surface area contributed by atoms with Gasteiger partial charge in [0.1, 0.15) is 6.54 Å². The maximum absolute atomic E-state index is 12.6. The molecule has 0 spiro atoms. The molecule has 19 heavy (non-hydrogen) atoms. The first-order valence-electron chi connectivity index (χ1n) is 5.62. The lowest BCUT2D eigenvalue weighted by Crippen LogP contribution is -2.18. The van der Waals surface area contributed by atoms with Crippen molar-refractivity contribution in [3.05, 3.63) is 40.3 Å². The summed E-state index contributed by atoms with van der Waals surface area (Å²) < 4.78 is 39.0. The van der Waals surface area contributed by atoms with Crippen LogP contribution in [0.5, 0.6) is 0 Å². The highest BCUT2D eigenvalue weighted by molar-refractivity contribution is 6.38. The van der Waals surface area contributed by atoms with Crippen LogP contribution in [0.4, 0.5) is 18.9 Å². The zero-order chi connectivity index (χ0) is 14.2. The van der Waals surface area contributed by atoms with Crippen molar-refractivity contribution in [2.24, 2.45) is 0 Å². The zero-order valence-corrected chi connectivity index (χ0v) is 10.8. The van der Waals surface area contributed by atoms with Crippen LogP contribution in [-0.2, 0) is 13.0 Å². The van der Waals surface area contributed by atoms with Crippen molar-refractivity contribution < 1.29 is 13.2 Å². The van der Waals surface area contributed by atoms with Crippen LogP contribution in [0, 0.1) is 6.57 Å². The summed E-state index contributed by atoms with van der Waals surface area (Å²) in [6, 6.07) is 4.58. The third-order valence-corrected chi connectivity index (χ3v) is 3.30. The number of nitrogens with zero attached hydrogens (tertiary/aromatic N) is 2. The van der Waals surface area contributed by atoms with Crippen molar-refractivity contribution in [2.45, 2.75) is 26.1 Å². The molecule has 6 heteroatoms. The minimum Gasteiger partial charge on any atom is -0.336 e. The lowest BCUT2D eigenvalue weighted by Gasteiger charge is -2.12. The first-order chi connectivity index (χ1) is 8.87. The van der Waals surface area contributed by atoms with E-state index in [1.165, 1.54) is 16.7 Å². The molecule has 0 radical (unpaired) electrons. The molecule has 2 rings (SSSR count). The average molecular weight is 287 g/mol. The number of fused-ring (bicyclic) bond motifs is 1. The number of aromatic nitrogens is 1. The summed E-state index contributed by atoms with van der Waals surface area (Å²) >= 11 is 6.05. The minimum absolute atomic E-state index is 0.211. The van der Waals surface area contributed by atoms with Gasteiger partial charge in [-0.2, -0.15) is 13.2 Å². The molecule has 0 aliphatic rings. The topological polar surface area (TPSA) is 9.29 Å². The van der Waals surface area contributed by atoms with Crippen LogP contribution in [-0.4, -0.2) is 10.7 Å².